The number of rotatable bonds is 3. The molecule has 2 amide bonds. The number of likely N-dealkylation sites (N-methyl/N-ethyl adjacent to an activating group) is 2. The number of nitrogens with zero attached hydrogens (tertiary/aromatic N) is 5. The van der Waals surface area contributed by atoms with E-state index < -0.39 is 0 Å². The summed E-state index contributed by atoms with van der Waals surface area (Å²) in [6, 6.07) is 7.78. The highest BCUT2D eigenvalue weighted by molar-refractivity contribution is 8.18. The van der Waals surface area contributed by atoms with Crippen LogP contribution in [0.5, 0.6) is 0 Å². The Balaban J connectivity index is 1.59. The number of imide groups is 1. The molecule has 2 fully saturated rings. The van der Waals surface area contributed by atoms with Crippen molar-refractivity contribution in [2.75, 3.05) is 45.2 Å². The van der Waals surface area contributed by atoms with Gasteiger partial charge in [-0.15, -0.1) is 0 Å². The van der Waals surface area contributed by atoms with Crippen LogP contribution >= 0.6 is 11.8 Å². The molecule has 1 aromatic carbocycles. The number of benzene rings is 1. The highest BCUT2D eigenvalue weighted by Crippen LogP contribution is 2.31. The summed E-state index contributed by atoms with van der Waals surface area (Å²) in [4.78, 5) is 39.3. The van der Waals surface area contributed by atoms with Crippen molar-refractivity contribution < 1.29 is 9.59 Å². The Morgan fingerprint density at radius 2 is 1.93 bits per heavy atom. The number of hydrogen-bond donors (Lipinski definition) is 0. The Morgan fingerprint density at radius 1 is 1.07 bits per heavy atom. The summed E-state index contributed by atoms with van der Waals surface area (Å²) >= 11 is 0.962. The maximum atomic E-state index is 12.1. The zero-order valence-corrected chi connectivity index (χ0v) is 17.4. The predicted molar refractivity (Wildman–Crippen MR) is 116 cm³/mol. The molecule has 0 atom stereocenters. The second-order valence-corrected chi connectivity index (χ2v) is 8.27. The number of amides is 2. The van der Waals surface area contributed by atoms with E-state index in [1.54, 1.807) is 12.3 Å². The van der Waals surface area contributed by atoms with Crippen molar-refractivity contribution in [3.63, 3.8) is 0 Å². The summed E-state index contributed by atoms with van der Waals surface area (Å²) in [5.74, 6) is 0.619. The minimum atomic E-state index is -0.265. The monoisotopic (exact) mass is 409 g/mol. The van der Waals surface area contributed by atoms with Gasteiger partial charge in [-0.05, 0) is 49.5 Å². The number of carbonyl (C=O) groups is 2. The van der Waals surface area contributed by atoms with Crippen LogP contribution < -0.4 is 4.90 Å². The van der Waals surface area contributed by atoms with E-state index in [0.29, 0.717) is 4.91 Å². The molecular formula is C21H23N5O2S. The second kappa shape index (κ2) is 8.34. The number of thioether (sulfide) groups is 1. The quantitative estimate of drug-likeness (QED) is 0.722. The average Bonchev–Trinajstić information content (AvgIpc) is 2.90. The van der Waals surface area contributed by atoms with E-state index in [1.807, 2.05) is 30.5 Å². The Labute approximate surface area is 174 Å². The molecule has 0 unspecified atom stereocenters. The molecule has 4 rings (SSSR count). The molecule has 3 heterocycles. The van der Waals surface area contributed by atoms with Gasteiger partial charge in [0.05, 0.1) is 23.0 Å². The van der Waals surface area contributed by atoms with Crippen LogP contribution in [0, 0.1) is 0 Å². The maximum absolute atomic E-state index is 12.1. The third-order valence-corrected chi connectivity index (χ3v) is 6.09. The molecule has 8 heteroatoms. The van der Waals surface area contributed by atoms with Crippen LogP contribution in [0.25, 0.3) is 17.3 Å². The minimum Gasteiger partial charge on any atom is -0.354 e. The predicted octanol–water partition coefficient (Wildman–Crippen LogP) is 2.95. The van der Waals surface area contributed by atoms with Crippen LogP contribution in [-0.4, -0.2) is 71.2 Å². The normalized spacial score (nSPS) is 19.9. The van der Waals surface area contributed by atoms with Gasteiger partial charge in [0.25, 0.3) is 11.1 Å². The average molecular weight is 410 g/mol. The first-order chi connectivity index (χ1) is 14.0. The fourth-order valence-corrected chi connectivity index (χ4v) is 4.23. The van der Waals surface area contributed by atoms with Crippen molar-refractivity contribution in [2.45, 2.75) is 6.42 Å². The molecule has 0 radical (unpaired) electrons. The lowest BCUT2D eigenvalue weighted by Gasteiger charge is -2.21. The number of anilines is 1. The minimum absolute atomic E-state index is 0.251. The first kappa shape index (κ1) is 19.6. The van der Waals surface area contributed by atoms with Crippen molar-refractivity contribution in [2.24, 2.45) is 0 Å². The van der Waals surface area contributed by atoms with Gasteiger partial charge in [0.2, 0.25) is 0 Å². The van der Waals surface area contributed by atoms with Gasteiger partial charge in [-0.2, -0.15) is 0 Å². The smallest absolute Gasteiger partial charge is 0.293 e. The zero-order chi connectivity index (χ0) is 20.4. The fourth-order valence-electron chi connectivity index (χ4n) is 3.41. The second-order valence-electron chi connectivity index (χ2n) is 7.27. The van der Waals surface area contributed by atoms with E-state index in [1.165, 1.54) is 7.05 Å². The summed E-state index contributed by atoms with van der Waals surface area (Å²) in [7, 11) is 3.64. The summed E-state index contributed by atoms with van der Waals surface area (Å²) in [5.41, 5.74) is 2.57. The topological polar surface area (TPSA) is 69.6 Å². The van der Waals surface area contributed by atoms with E-state index in [4.69, 9.17) is 4.98 Å². The van der Waals surface area contributed by atoms with Gasteiger partial charge in [-0.1, -0.05) is 18.2 Å². The Bertz CT molecular complexity index is 977. The van der Waals surface area contributed by atoms with Gasteiger partial charge in [-0.3, -0.25) is 19.5 Å². The molecule has 2 aliphatic rings. The Kier molecular flexibility index (Phi) is 5.64. The van der Waals surface area contributed by atoms with Crippen molar-refractivity contribution >= 4 is 34.8 Å². The van der Waals surface area contributed by atoms with Crippen molar-refractivity contribution in [1.29, 1.82) is 0 Å². The third kappa shape index (κ3) is 4.33. The van der Waals surface area contributed by atoms with Gasteiger partial charge in [-0.25, -0.2) is 4.98 Å². The summed E-state index contributed by atoms with van der Waals surface area (Å²) in [6.45, 7) is 4.00. The largest absolute Gasteiger partial charge is 0.354 e. The highest BCUT2D eigenvalue weighted by atomic mass is 32.2. The first-order valence-electron chi connectivity index (χ1n) is 9.59. The van der Waals surface area contributed by atoms with Crippen molar-refractivity contribution in [1.82, 2.24) is 19.8 Å². The van der Waals surface area contributed by atoms with E-state index >= 15 is 0 Å². The highest BCUT2D eigenvalue weighted by Gasteiger charge is 2.31. The lowest BCUT2D eigenvalue weighted by molar-refractivity contribution is -0.121. The molecule has 2 aromatic rings. The van der Waals surface area contributed by atoms with E-state index in [0.717, 1.165) is 71.9 Å². The third-order valence-electron chi connectivity index (χ3n) is 5.13. The SMILES string of the molecule is CN1CCCN(c2cncc(-c3cccc(/C=C4/SC(=O)N(C)C4=O)c3)n2)CC1. The van der Waals surface area contributed by atoms with Crippen LogP contribution in [0.3, 0.4) is 0 Å². The standard InChI is InChI=1S/C21H23N5O2S/c1-24-7-4-8-26(10-9-24)19-14-22-13-17(23-19)16-6-3-5-15(11-16)12-18-20(27)25(2)21(28)29-18/h3,5-6,11-14H,4,7-10H2,1-2H3/b18-12+. The van der Waals surface area contributed by atoms with Crippen LogP contribution in [-0.2, 0) is 4.79 Å². The number of aromatic nitrogens is 2. The van der Waals surface area contributed by atoms with E-state index in [9.17, 15) is 9.59 Å². The van der Waals surface area contributed by atoms with E-state index in [-0.39, 0.29) is 11.1 Å². The number of carbonyl (C=O) groups excluding carboxylic acids is 2. The molecule has 0 saturated carbocycles. The van der Waals surface area contributed by atoms with Gasteiger partial charge < -0.3 is 9.80 Å². The molecule has 7 nitrogen and oxygen atoms in total. The number of hydrogen-bond acceptors (Lipinski definition) is 7. The molecular weight excluding hydrogens is 386 g/mol. The summed E-state index contributed by atoms with van der Waals surface area (Å²) in [6.07, 6.45) is 6.42. The maximum Gasteiger partial charge on any atom is 0.293 e. The molecule has 2 aliphatic heterocycles. The fraction of sp³-hybridized carbons (Fsp3) is 0.333. The molecule has 1 aromatic heterocycles. The van der Waals surface area contributed by atoms with Gasteiger partial charge in [0.15, 0.2) is 0 Å². The molecule has 0 spiro atoms. The lowest BCUT2D eigenvalue weighted by atomic mass is 10.1. The molecule has 0 N–H and O–H groups in total. The molecule has 2 saturated heterocycles. The molecule has 29 heavy (non-hydrogen) atoms. The molecule has 150 valence electrons. The molecule has 0 aliphatic carbocycles. The van der Waals surface area contributed by atoms with E-state index in [2.05, 4.69) is 21.8 Å². The van der Waals surface area contributed by atoms with Crippen LogP contribution in [0.2, 0.25) is 0 Å². The van der Waals surface area contributed by atoms with Crippen LogP contribution in [0.15, 0.2) is 41.6 Å². The van der Waals surface area contributed by atoms with Gasteiger partial charge in [0, 0.05) is 32.2 Å². The summed E-state index contributed by atoms with van der Waals surface area (Å²) < 4.78 is 0. The van der Waals surface area contributed by atoms with Gasteiger partial charge >= 0.3 is 0 Å². The molecule has 0 bridgehead atoms. The van der Waals surface area contributed by atoms with Crippen LogP contribution in [0.1, 0.15) is 12.0 Å². The van der Waals surface area contributed by atoms with Gasteiger partial charge in [0.1, 0.15) is 5.82 Å². The first-order valence-corrected chi connectivity index (χ1v) is 10.4. The lowest BCUT2D eigenvalue weighted by Crippen LogP contribution is -2.29. The zero-order valence-electron chi connectivity index (χ0n) is 16.5. The van der Waals surface area contributed by atoms with Crippen molar-refractivity contribution in [3.05, 3.63) is 47.1 Å². The Morgan fingerprint density at radius 3 is 2.72 bits per heavy atom. The summed E-state index contributed by atoms with van der Waals surface area (Å²) in [5, 5.41) is -0.251. The van der Waals surface area contributed by atoms with Crippen LogP contribution in [0.4, 0.5) is 10.6 Å². The Hall–Kier alpha value is -2.71. The van der Waals surface area contributed by atoms with Crippen molar-refractivity contribution in [3.8, 4) is 11.3 Å².